The van der Waals surface area contributed by atoms with Crippen molar-refractivity contribution in [2.45, 2.75) is 102 Å². The van der Waals surface area contributed by atoms with Crippen LogP contribution in [0.15, 0.2) is 0 Å². The first-order chi connectivity index (χ1) is 13.7. The van der Waals surface area contributed by atoms with Crippen molar-refractivity contribution in [3.63, 3.8) is 0 Å². The average Bonchev–Trinajstić information content (AvgIpc) is 2.62. The van der Waals surface area contributed by atoms with Crippen LogP contribution in [0.5, 0.6) is 0 Å². The van der Waals surface area contributed by atoms with Crippen LogP contribution >= 0.6 is 0 Å². The summed E-state index contributed by atoms with van der Waals surface area (Å²) in [5.74, 6) is -0.575. The van der Waals surface area contributed by atoms with Gasteiger partial charge in [0.1, 0.15) is 30.5 Å². The number of ether oxygens (including phenoxy) is 4. The maximum absolute atomic E-state index is 10.7. The maximum atomic E-state index is 10.7. The van der Waals surface area contributed by atoms with Crippen LogP contribution < -0.4 is 0 Å². The van der Waals surface area contributed by atoms with E-state index in [0.29, 0.717) is 0 Å². The molecule has 2 fully saturated rings. The highest BCUT2D eigenvalue weighted by molar-refractivity contribution is 4.97. The van der Waals surface area contributed by atoms with E-state index >= 15 is 0 Å². The molecule has 10 atom stereocenters. The lowest BCUT2D eigenvalue weighted by Crippen LogP contribution is -2.65. The van der Waals surface area contributed by atoms with E-state index in [4.69, 9.17) is 18.9 Å². The van der Waals surface area contributed by atoms with Gasteiger partial charge in [0.25, 0.3) is 0 Å². The second kappa shape index (κ2) is 9.62. The molecule has 178 valence electrons. The molecule has 2 saturated heterocycles. The first-order valence-electron chi connectivity index (χ1n) is 10.3. The minimum absolute atomic E-state index is 0.414. The molecular weight excluding hydrogens is 400 g/mol. The van der Waals surface area contributed by atoms with Crippen molar-refractivity contribution in [1.82, 2.24) is 0 Å². The highest BCUT2D eigenvalue weighted by atomic mass is 16.7. The van der Waals surface area contributed by atoms with E-state index in [-0.39, 0.29) is 0 Å². The van der Waals surface area contributed by atoms with E-state index in [2.05, 4.69) is 0 Å². The Bertz CT molecular complexity index is 541. The molecular formula is C20H38O10. The molecule has 0 bridgehead atoms. The molecule has 2 aliphatic rings. The van der Waals surface area contributed by atoms with Crippen molar-refractivity contribution in [1.29, 1.82) is 0 Å². The standard InChI is InChI=1S/C20H38O10/c1-19(2,3)11-9(7-21)27-17(14(25)12(11)23)29-16-10(8-22)28-18(15(26)13(16)24)30-20(4,5)6/h9-18,21-26H,7-8H2,1-6H3. The molecule has 6 N–H and O–H groups in total. The lowest BCUT2D eigenvalue weighted by molar-refractivity contribution is -0.366. The Balaban J connectivity index is 2.18. The zero-order valence-electron chi connectivity index (χ0n) is 18.5. The van der Waals surface area contributed by atoms with Crippen LogP contribution in [0.1, 0.15) is 41.5 Å². The number of rotatable bonds is 5. The summed E-state index contributed by atoms with van der Waals surface area (Å²) >= 11 is 0. The summed E-state index contributed by atoms with van der Waals surface area (Å²) < 4.78 is 22.6. The van der Waals surface area contributed by atoms with Crippen molar-refractivity contribution in [3.8, 4) is 0 Å². The first kappa shape index (κ1) is 25.9. The number of aliphatic hydroxyl groups is 6. The number of hydrogen-bond acceptors (Lipinski definition) is 10. The van der Waals surface area contributed by atoms with Gasteiger partial charge in [-0.3, -0.25) is 0 Å². The largest absolute Gasteiger partial charge is 0.394 e. The Morgan fingerprint density at radius 3 is 1.67 bits per heavy atom. The Hall–Kier alpha value is -0.400. The lowest BCUT2D eigenvalue weighted by Gasteiger charge is -2.50. The van der Waals surface area contributed by atoms with Crippen LogP contribution in [0.25, 0.3) is 0 Å². The Morgan fingerprint density at radius 1 is 0.700 bits per heavy atom. The van der Waals surface area contributed by atoms with Gasteiger partial charge in [-0.25, -0.2) is 0 Å². The van der Waals surface area contributed by atoms with Crippen LogP contribution in [0.3, 0.4) is 0 Å². The zero-order valence-corrected chi connectivity index (χ0v) is 18.5. The minimum atomic E-state index is -1.52. The molecule has 2 rings (SSSR count). The lowest BCUT2D eigenvalue weighted by atomic mass is 9.71. The Kier molecular flexibility index (Phi) is 8.29. The van der Waals surface area contributed by atoms with E-state index in [1.54, 1.807) is 20.8 Å². The average molecular weight is 439 g/mol. The van der Waals surface area contributed by atoms with E-state index in [1.807, 2.05) is 20.8 Å². The van der Waals surface area contributed by atoms with Crippen LogP contribution in [0.4, 0.5) is 0 Å². The van der Waals surface area contributed by atoms with E-state index in [9.17, 15) is 30.6 Å². The Labute approximate surface area is 177 Å². The maximum Gasteiger partial charge on any atom is 0.187 e. The van der Waals surface area contributed by atoms with E-state index in [0.717, 1.165) is 0 Å². The quantitative estimate of drug-likeness (QED) is 0.306. The molecule has 10 heteroatoms. The SMILES string of the molecule is CC(C)(C)OC1OC(CO)C(OC2OC(CO)C(C(C)(C)C)C(O)C2O)C(O)C1O. The van der Waals surface area contributed by atoms with E-state index in [1.165, 1.54) is 0 Å². The fourth-order valence-corrected chi connectivity index (χ4v) is 4.09. The van der Waals surface area contributed by atoms with Crippen LogP contribution in [-0.2, 0) is 18.9 Å². The van der Waals surface area contributed by atoms with Gasteiger partial charge in [-0.2, -0.15) is 0 Å². The predicted octanol–water partition coefficient (Wildman–Crippen LogP) is -1.27. The predicted molar refractivity (Wildman–Crippen MR) is 104 cm³/mol. The molecule has 2 aliphatic heterocycles. The van der Waals surface area contributed by atoms with Gasteiger partial charge in [0.05, 0.1) is 31.0 Å². The molecule has 0 aromatic heterocycles. The van der Waals surface area contributed by atoms with Crippen molar-refractivity contribution in [2.24, 2.45) is 11.3 Å². The first-order valence-corrected chi connectivity index (χ1v) is 10.3. The van der Waals surface area contributed by atoms with Crippen LogP contribution in [0, 0.1) is 11.3 Å². The Morgan fingerprint density at radius 2 is 1.20 bits per heavy atom. The monoisotopic (exact) mass is 438 g/mol. The van der Waals surface area contributed by atoms with Crippen molar-refractivity contribution in [2.75, 3.05) is 13.2 Å². The molecule has 0 aromatic rings. The molecule has 0 saturated carbocycles. The fraction of sp³-hybridized carbons (Fsp3) is 1.00. The van der Waals surface area contributed by atoms with Gasteiger partial charge in [-0.05, 0) is 26.2 Å². The summed E-state index contributed by atoms with van der Waals surface area (Å²) in [5, 5.41) is 61.7. The molecule has 0 radical (unpaired) electrons. The van der Waals surface area contributed by atoms with E-state index < -0.39 is 85.5 Å². The molecule has 0 aliphatic carbocycles. The van der Waals surface area contributed by atoms with Crippen LogP contribution in [-0.4, -0.2) is 105 Å². The molecule has 10 nitrogen and oxygen atoms in total. The van der Waals surface area contributed by atoms with Crippen LogP contribution in [0.2, 0.25) is 0 Å². The third-order valence-electron chi connectivity index (χ3n) is 5.47. The highest BCUT2D eigenvalue weighted by Crippen LogP contribution is 2.40. The zero-order chi connectivity index (χ0) is 23.0. The molecule has 10 unspecified atom stereocenters. The topological polar surface area (TPSA) is 158 Å². The van der Waals surface area contributed by atoms with Gasteiger partial charge in [0.15, 0.2) is 12.6 Å². The number of aliphatic hydroxyl groups excluding tert-OH is 6. The smallest absolute Gasteiger partial charge is 0.187 e. The third-order valence-corrected chi connectivity index (χ3v) is 5.47. The summed E-state index contributed by atoms with van der Waals surface area (Å²) in [6.45, 7) is 9.84. The summed E-state index contributed by atoms with van der Waals surface area (Å²) in [6, 6.07) is 0. The van der Waals surface area contributed by atoms with Gasteiger partial charge in [0, 0.05) is 5.92 Å². The summed E-state index contributed by atoms with van der Waals surface area (Å²) in [5.41, 5.74) is -1.16. The molecule has 0 amide bonds. The molecule has 2 heterocycles. The highest BCUT2D eigenvalue weighted by Gasteiger charge is 2.53. The normalized spacial score (nSPS) is 43.6. The minimum Gasteiger partial charge on any atom is -0.394 e. The molecule has 30 heavy (non-hydrogen) atoms. The molecule has 0 spiro atoms. The summed E-state index contributed by atoms with van der Waals surface area (Å²) in [4.78, 5) is 0. The number of hydrogen-bond donors (Lipinski definition) is 6. The van der Waals surface area contributed by atoms with Gasteiger partial charge in [-0.1, -0.05) is 20.8 Å². The second-order valence-corrected chi connectivity index (χ2v) is 10.1. The second-order valence-electron chi connectivity index (χ2n) is 10.1. The van der Waals surface area contributed by atoms with Crippen molar-refractivity contribution >= 4 is 0 Å². The van der Waals surface area contributed by atoms with Gasteiger partial charge in [0.2, 0.25) is 0 Å². The van der Waals surface area contributed by atoms with Gasteiger partial charge in [-0.15, -0.1) is 0 Å². The fourth-order valence-electron chi connectivity index (χ4n) is 4.09. The van der Waals surface area contributed by atoms with Gasteiger partial charge < -0.3 is 49.6 Å². The van der Waals surface area contributed by atoms with Crippen molar-refractivity contribution in [3.05, 3.63) is 0 Å². The van der Waals surface area contributed by atoms with Gasteiger partial charge >= 0.3 is 0 Å². The third kappa shape index (κ3) is 5.69. The summed E-state index contributed by atoms with van der Waals surface area (Å²) in [6.07, 6.45) is -11.6. The van der Waals surface area contributed by atoms with Crippen molar-refractivity contribution < 1.29 is 49.6 Å². The summed E-state index contributed by atoms with van der Waals surface area (Å²) in [7, 11) is 0. The molecule has 0 aromatic carbocycles.